The summed E-state index contributed by atoms with van der Waals surface area (Å²) >= 11 is 1.73. The fourth-order valence-corrected chi connectivity index (χ4v) is 2.70. The molecule has 0 aliphatic carbocycles. The summed E-state index contributed by atoms with van der Waals surface area (Å²) in [5.74, 6) is 0. The summed E-state index contributed by atoms with van der Waals surface area (Å²) in [6.45, 7) is 8.38. The Morgan fingerprint density at radius 3 is 3.00 bits per heavy atom. The fraction of sp³-hybridized carbons (Fsp3) is 0.500. The van der Waals surface area contributed by atoms with Crippen LogP contribution in [0.15, 0.2) is 23.8 Å². The summed E-state index contributed by atoms with van der Waals surface area (Å²) in [6, 6.07) is 2.61. The lowest BCUT2D eigenvalue weighted by atomic mass is 10.2. The minimum Gasteiger partial charge on any atom is -0.347 e. The van der Waals surface area contributed by atoms with Gasteiger partial charge in [-0.3, -0.25) is 0 Å². The smallest absolute Gasteiger partial charge is 0.113 e. The zero-order valence-electron chi connectivity index (χ0n) is 11.3. The van der Waals surface area contributed by atoms with Crippen LogP contribution in [0.2, 0.25) is 0 Å². The predicted molar refractivity (Wildman–Crippen MR) is 77.1 cm³/mol. The van der Waals surface area contributed by atoms with E-state index in [4.69, 9.17) is 0 Å². The number of aryl methyl sites for hydroxylation is 1. The maximum absolute atomic E-state index is 4.49. The first-order valence-corrected chi connectivity index (χ1v) is 7.37. The zero-order chi connectivity index (χ0) is 13.0. The van der Waals surface area contributed by atoms with Gasteiger partial charge in [-0.2, -0.15) is 0 Å². The van der Waals surface area contributed by atoms with E-state index >= 15 is 0 Å². The van der Waals surface area contributed by atoms with Crippen LogP contribution in [0, 0.1) is 6.92 Å². The Labute approximate surface area is 113 Å². The van der Waals surface area contributed by atoms with Crippen LogP contribution >= 0.6 is 11.3 Å². The summed E-state index contributed by atoms with van der Waals surface area (Å²) < 4.78 is 2.21. The van der Waals surface area contributed by atoms with Crippen molar-refractivity contribution in [3.63, 3.8) is 0 Å². The molecule has 0 fully saturated rings. The molecule has 0 amide bonds. The summed E-state index contributed by atoms with van der Waals surface area (Å²) in [6.07, 6.45) is 5.52. The number of rotatable bonds is 6. The predicted octanol–water partition coefficient (Wildman–Crippen LogP) is 3.36. The van der Waals surface area contributed by atoms with Gasteiger partial charge in [0.05, 0.1) is 6.54 Å². The molecular formula is C14H21N3S. The Morgan fingerprint density at radius 1 is 1.50 bits per heavy atom. The van der Waals surface area contributed by atoms with E-state index in [1.54, 1.807) is 11.3 Å². The van der Waals surface area contributed by atoms with Gasteiger partial charge >= 0.3 is 0 Å². The van der Waals surface area contributed by atoms with Gasteiger partial charge in [0.15, 0.2) is 0 Å². The highest BCUT2D eigenvalue weighted by atomic mass is 32.1. The van der Waals surface area contributed by atoms with Crippen LogP contribution in [0.25, 0.3) is 0 Å². The first-order valence-electron chi connectivity index (χ1n) is 6.49. The molecule has 2 aromatic rings. The van der Waals surface area contributed by atoms with Gasteiger partial charge in [0.1, 0.15) is 5.01 Å². The molecule has 98 valence electrons. The average Bonchev–Trinajstić information content (AvgIpc) is 2.96. The van der Waals surface area contributed by atoms with Crippen molar-refractivity contribution in [2.24, 2.45) is 0 Å². The Bertz CT molecular complexity index is 487. The number of hydrogen-bond donors (Lipinski definition) is 1. The van der Waals surface area contributed by atoms with Crippen molar-refractivity contribution in [2.75, 3.05) is 6.54 Å². The van der Waals surface area contributed by atoms with Gasteiger partial charge in [0.25, 0.3) is 0 Å². The molecular weight excluding hydrogens is 242 g/mol. The summed E-state index contributed by atoms with van der Waals surface area (Å²) in [5, 5.41) is 6.78. The second-order valence-electron chi connectivity index (χ2n) is 4.68. The van der Waals surface area contributed by atoms with E-state index in [1.165, 1.54) is 17.0 Å². The molecule has 2 aromatic heterocycles. The maximum Gasteiger partial charge on any atom is 0.113 e. The van der Waals surface area contributed by atoms with Gasteiger partial charge < -0.3 is 9.88 Å². The number of nitrogens with zero attached hydrogens (tertiary/aromatic N) is 2. The Balaban J connectivity index is 1.97. The fourth-order valence-electron chi connectivity index (χ4n) is 1.92. The first-order chi connectivity index (χ1) is 8.69. The van der Waals surface area contributed by atoms with Crippen LogP contribution in [-0.2, 0) is 6.54 Å². The van der Waals surface area contributed by atoms with Gasteiger partial charge in [-0.05, 0) is 38.4 Å². The molecule has 1 unspecified atom stereocenters. The van der Waals surface area contributed by atoms with Crippen molar-refractivity contribution in [2.45, 2.75) is 39.8 Å². The van der Waals surface area contributed by atoms with Gasteiger partial charge in [-0.1, -0.05) is 6.92 Å². The molecule has 0 radical (unpaired) electrons. The van der Waals surface area contributed by atoms with Gasteiger partial charge in [0.2, 0.25) is 0 Å². The second-order valence-corrected chi connectivity index (χ2v) is 5.62. The monoisotopic (exact) mass is 263 g/mol. The highest BCUT2D eigenvalue weighted by Crippen LogP contribution is 2.15. The van der Waals surface area contributed by atoms with Crippen molar-refractivity contribution >= 4 is 11.3 Å². The molecule has 0 aliphatic rings. The molecule has 0 saturated heterocycles. The number of hydrogen-bond acceptors (Lipinski definition) is 3. The lowest BCUT2D eigenvalue weighted by molar-refractivity contribution is 0.569. The average molecular weight is 263 g/mol. The van der Waals surface area contributed by atoms with Crippen molar-refractivity contribution in [3.8, 4) is 0 Å². The minimum atomic E-state index is 0.421. The maximum atomic E-state index is 4.49. The molecule has 0 bridgehead atoms. The Hall–Kier alpha value is -1.13. The molecule has 0 spiro atoms. The zero-order valence-corrected chi connectivity index (χ0v) is 12.1. The SMILES string of the molecule is CCCNC(C)c1ccn(Cc2nc(C)cs2)c1. The third kappa shape index (κ3) is 3.43. The molecule has 0 aromatic carbocycles. The highest BCUT2D eigenvalue weighted by molar-refractivity contribution is 7.09. The second kappa shape index (κ2) is 6.16. The van der Waals surface area contributed by atoms with Gasteiger partial charge in [-0.25, -0.2) is 4.98 Å². The van der Waals surface area contributed by atoms with Crippen molar-refractivity contribution in [3.05, 3.63) is 40.1 Å². The molecule has 3 nitrogen and oxygen atoms in total. The van der Waals surface area contributed by atoms with Crippen LogP contribution in [0.5, 0.6) is 0 Å². The van der Waals surface area contributed by atoms with Gasteiger partial charge in [-0.15, -0.1) is 11.3 Å². The Morgan fingerprint density at radius 2 is 2.33 bits per heavy atom. The van der Waals surface area contributed by atoms with Crippen molar-refractivity contribution in [1.29, 1.82) is 0 Å². The summed E-state index contributed by atoms with van der Waals surface area (Å²) in [5.41, 5.74) is 2.46. The molecule has 2 rings (SSSR count). The quantitative estimate of drug-likeness (QED) is 0.866. The van der Waals surface area contributed by atoms with Crippen LogP contribution in [0.1, 0.15) is 42.6 Å². The molecule has 1 atom stereocenters. The molecule has 4 heteroatoms. The molecule has 1 N–H and O–H groups in total. The van der Waals surface area contributed by atoms with E-state index < -0.39 is 0 Å². The molecule has 0 aliphatic heterocycles. The van der Waals surface area contributed by atoms with E-state index in [1.807, 2.05) is 6.92 Å². The normalized spacial score (nSPS) is 12.8. The first kappa shape index (κ1) is 13.3. The van der Waals surface area contributed by atoms with Crippen LogP contribution < -0.4 is 5.32 Å². The van der Waals surface area contributed by atoms with Gasteiger partial charge in [0, 0.05) is 29.5 Å². The van der Waals surface area contributed by atoms with Crippen LogP contribution in [0.4, 0.5) is 0 Å². The molecule has 18 heavy (non-hydrogen) atoms. The van der Waals surface area contributed by atoms with E-state index in [2.05, 4.69) is 52.6 Å². The Kier molecular flexibility index (Phi) is 4.55. The lowest BCUT2D eigenvalue weighted by Gasteiger charge is -2.11. The third-order valence-electron chi connectivity index (χ3n) is 2.96. The largest absolute Gasteiger partial charge is 0.347 e. The summed E-state index contributed by atoms with van der Waals surface area (Å²) in [7, 11) is 0. The number of nitrogens with one attached hydrogen (secondary N) is 1. The van der Waals surface area contributed by atoms with E-state index in [-0.39, 0.29) is 0 Å². The number of thiazole rings is 1. The third-order valence-corrected chi connectivity index (χ3v) is 3.91. The number of aromatic nitrogens is 2. The molecule has 2 heterocycles. The van der Waals surface area contributed by atoms with E-state index in [0.29, 0.717) is 6.04 Å². The lowest BCUT2D eigenvalue weighted by Crippen LogP contribution is -2.18. The van der Waals surface area contributed by atoms with Crippen molar-refractivity contribution in [1.82, 2.24) is 14.9 Å². The summed E-state index contributed by atoms with van der Waals surface area (Å²) in [4.78, 5) is 4.49. The molecule has 0 saturated carbocycles. The minimum absolute atomic E-state index is 0.421. The highest BCUT2D eigenvalue weighted by Gasteiger charge is 2.06. The van der Waals surface area contributed by atoms with E-state index in [9.17, 15) is 0 Å². The van der Waals surface area contributed by atoms with Crippen molar-refractivity contribution < 1.29 is 0 Å². The van der Waals surface area contributed by atoms with Crippen LogP contribution in [-0.4, -0.2) is 16.1 Å². The van der Waals surface area contributed by atoms with Crippen LogP contribution in [0.3, 0.4) is 0 Å². The standard InChI is InChI=1S/C14H21N3S/c1-4-6-15-12(3)13-5-7-17(8-13)9-14-16-11(2)10-18-14/h5,7-8,10,12,15H,4,6,9H2,1-3H3. The van der Waals surface area contributed by atoms with E-state index in [0.717, 1.165) is 18.8 Å². The topological polar surface area (TPSA) is 29.9 Å².